The number of furan rings is 3. The minimum atomic E-state index is 0.864. The number of fused-ring (bicyclic) bond motifs is 12. The lowest BCUT2D eigenvalue weighted by molar-refractivity contribution is 0.663. The van der Waals surface area contributed by atoms with Crippen molar-refractivity contribution in [2.45, 2.75) is 0 Å². The van der Waals surface area contributed by atoms with E-state index < -0.39 is 0 Å². The first-order valence-corrected chi connectivity index (χ1v) is 15.9. The molecule has 11 rings (SSSR count). The molecule has 0 saturated carbocycles. The van der Waals surface area contributed by atoms with Crippen LogP contribution in [0, 0.1) is 0 Å². The van der Waals surface area contributed by atoms with E-state index in [0.717, 1.165) is 71.4 Å². The van der Waals surface area contributed by atoms with Crippen LogP contribution in [0.2, 0.25) is 0 Å². The second-order valence-corrected chi connectivity index (χ2v) is 12.4. The zero-order valence-electron chi connectivity index (χ0n) is 25.1. The molecular weight excluding hydrogens is 576 g/mol. The van der Waals surface area contributed by atoms with Crippen LogP contribution in [0.3, 0.4) is 0 Å². The van der Waals surface area contributed by atoms with Crippen molar-refractivity contribution in [3.63, 3.8) is 0 Å². The van der Waals surface area contributed by atoms with Crippen LogP contribution in [-0.4, -0.2) is 0 Å². The molecule has 47 heavy (non-hydrogen) atoms. The molecule has 0 aliphatic heterocycles. The molecule has 0 aliphatic carbocycles. The van der Waals surface area contributed by atoms with E-state index in [1.165, 1.54) is 38.2 Å². The SMILES string of the molecule is c1ccc2c(c1)oc1ccc(-c3c4ccccc4c(-c4ccc5oc6ccc7oc8ccccc8c7c6c5c4)c4ccccc34)cc12. The van der Waals surface area contributed by atoms with Crippen LogP contribution >= 0.6 is 0 Å². The molecule has 0 radical (unpaired) electrons. The summed E-state index contributed by atoms with van der Waals surface area (Å²) in [5.41, 5.74) is 10.1. The molecule has 0 bridgehead atoms. The Labute approximate surface area is 267 Å². The van der Waals surface area contributed by atoms with Gasteiger partial charge in [0, 0.05) is 32.3 Å². The number of para-hydroxylation sites is 2. The van der Waals surface area contributed by atoms with Crippen molar-refractivity contribution in [2.75, 3.05) is 0 Å². The van der Waals surface area contributed by atoms with Gasteiger partial charge in [-0.2, -0.15) is 0 Å². The van der Waals surface area contributed by atoms with Crippen LogP contribution in [0.1, 0.15) is 0 Å². The molecule has 0 N–H and O–H groups in total. The Balaban J connectivity index is 1.23. The van der Waals surface area contributed by atoms with E-state index in [2.05, 4.69) is 109 Å². The van der Waals surface area contributed by atoms with E-state index in [4.69, 9.17) is 13.3 Å². The van der Waals surface area contributed by atoms with Crippen molar-refractivity contribution in [1.82, 2.24) is 0 Å². The summed E-state index contributed by atoms with van der Waals surface area (Å²) in [6, 6.07) is 51.4. The quantitative estimate of drug-likeness (QED) is 0.185. The summed E-state index contributed by atoms with van der Waals surface area (Å²) >= 11 is 0. The van der Waals surface area contributed by atoms with Gasteiger partial charge in [0.15, 0.2) is 0 Å². The van der Waals surface area contributed by atoms with Crippen LogP contribution in [-0.2, 0) is 0 Å². The highest BCUT2D eigenvalue weighted by atomic mass is 16.3. The first-order chi connectivity index (χ1) is 23.3. The van der Waals surface area contributed by atoms with Gasteiger partial charge in [-0.05, 0) is 92.3 Å². The molecule has 218 valence electrons. The van der Waals surface area contributed by atoms with Crippen LogP contribution in [0.5, 0.6) is 0 Å². The Morgan fingerprint density at radius 3 is 1.19 bits per heavy atom. The van der Waals surface area contributed by atoms with E-state index in [0.29, 0.717) is 0 Å². The molecule has 3 nitrogen and oxygen atoms in total. The lowest BCUT2D eigenvalue weighted by atomic mass is 9.85. The fraction of sp³-hybridized carbons (Fsp3) is 0. The van der Waals surface area contributed by atoms with E-state index in [-0.39, 0.29) is 0 Å². The van der Waals surface area contributed by atoms with Crippen LogP contribution < -0.4 is 0 Å². The van der Waals surface area contributed by atoms with E-state index >= 15 is 0 Å². The van der Waals surface area contributed by atoms with Gasteiger partial charge in [-0.1, -0.05) is 97.1 Å². The molecule has 0 saturated heterocycles. The molecule has 0 unspecified atom stereocenters. The van der Waals surface area contributed by atoms with Crippen molar-refractivity contribution in [3.8, 4) is 22.3 Å². The molecule has 0 spiro atoms. The first-order valence-electron chi connectivity index (χ1n) is 15.9. The zero-order valence-corrected chi connectivity index (χ0v) is 25.1. The molecule has 8 aromatic carbocycles. The number of benzene rings is 8. The summed E-state index contributed by atoms with van der Waals surface area (Å²) in [5.74, 6) is 0. The van der Waals surface area contributed by atoms with Crippen molar-refractivity contribution in [3.05, 3.63) is 146 Å². The summed E-state index contributed by atoms with van der Waals surface area (Å²) < 4.78 is 18.9. The Bertz CT molecular complexity index is 3020. The van der Waals surface area contributed by atoms with E-state index in [9.17, 15) is 0 Å². The molecule has 3 heterocycles. The third-order valence-electron chi connectivity index (χ3n) is 9.86. The molecule has 3 aromatic heterocycles. The molecule has 3 heteroatoms. The maximum Gasteiger partial charge on any atom is 0.136 e. The van der Waals surface area contributed by atoms with Gasteiger partial charge < -0.3 is 13.3 Å². The number of hydrogen-bond donors (Lipinski definition) is 0. The standard InChI is InChI=1S/C44H24O3/c1-3-12-30-28(10-1)41(25-17-19-37-33(23-25)27-9-5-7-15-35(27)45-37)29-11-2-4-13-31(29)42(30)26-18-20-38-34(24-26)44-40(47-38)22-21-39-43(44)32-14-6-8-16-36(32)46-39/h1-24H. The average molecular weight is 601 g/mol. The normalized spacial score (nSPS) is 12.3. The van der Waals surface area contributed by atoms with Gasteiger partial charge in [0.05, 0.1) is 0 Å². The zero-order chi connectivity index (χ0) is 30.6. The lowest BCUT2D eigenvalue weighted by Crippen LogP contribution is -1.90. The second-order valence-electron chi connectivity index (χ2n) is 12.4. The summed E-state index contributed by atoms with van der Waals surface area (Å²) in [7, 11) is 0. The summed E-state index contributed by atoms with van der Waals surface area (Å²) in [6.07, 6.45) is 0. The fourth-order valence-electron chi connectivity index (χ4n) is 7.87. The molecule has 0 amide bonds. The Hall–Kier alpha value is -6.32. The van der Waals surface area contributed by atoms with Crippen LogP contribution in [0.4, 0.5) is 0 Å². The summed E-state index contributed by atoms with van der Waals surface area (Å²) in [4.78, 5) is 0. The maximum absolute atomic E-state index is 6.43. The number of rotatable bonds is 2. The third kappa shape index (κ3) is 3.40. The molecule has 0 aliphatic rings. The predicted molar refractivity (Wildman–Crippen MR) is 194 cm³/mol. The minimum absolute atomic E-state index is 0.864. The van der Waals surface area contributed by atoms with Crippen molar-refractivity contribution < 1.29 is 13.3 Å². The summed E-state index contributed by atoms with van der Waals surface area (Å²) in [6.45, 7) is 0. The Morgan fingerprint density at radius 2 is 0.617 bits per heavy atom. The Morgan fingerprint density at radius 1 is 0.255 bits per heavy atom. The van der Waals surface area contributed by atoms with Gasteiger partial charge >= 0.3 is 0 Å². The van der Waals surface area contributed by atoms with Gasteiger partial charge in [-0.3, -0.25) is 0 Å². The van der Waals surface area contributed by atoms with Crippen molar-refractivity contribution in [2.24, 2.45) is 0 Å². The van der Waals surface area contributed by atoms with Crippen LogP contribution in [0.25, 0.3) is 110 Å². The predicted octanol–water partition coefficient (Wildman–Crippen LogP) is 13.0. The smallest absolute Gasteiger partial charge is 0.136 e. The van der Waals surface area contributed by atoms with Gasteiger partial charge in [-0.15, -0.1) is 0 Å². The average Bonchev–Trinajstić information content (AvgIpc) is 3.81. The highest BCUT2D eigenvalue weighted by molar-refractivity contribution is 6.27. The van der Waals surface area contributed by atoms with Crippen LogP contribution in [0.15, 0.2) is 159 Å². The minimum Gasteiger partial charge on any atom is -0.456 e. The fourth-order valence-corrected chi connectivity index (χ4v) is 7.87. The van der Waals surface area contributed by atoms with Gasteiger partial charge in [0.1, 0.15) is 33.5 Å². The Kier molecular flexibility index (Phi) is 4.84. The third-order valence-corrected chi connectivity index (χ3v) is 9.86. The van der Waals surface area contributed by atoms with Crippen molar-refractivity contribution in [1.29, 1.82) is 0 Å². The highest BCUT2D eigenvalue weighted by Crippen LogP contribution is 2.46. The molecule has 11 aromatic rings. The monoisotopic (exact) mass is 600 g/mol. The number of hydrogen-bond acceptors (Lipinski definition) is 3. The van der Waals surface area contributed by atoms with E-state index in [1.54, 1.807) is 0 Å². The summed E-state index contributed by atoms with van der Waals surface area (Å²) in [5, 5.41) is 11.5. The van der Waals surface area contributed by atoms with Gasteiger partial charge in [0.2, 0.25) is 0 Å². The second kappa shape index (κ2) is 9.12. The van der Waals surface area contributed by atoms with Gasteiger partial charge in [-0.25, -0.2) is 0 Å². The lowest BCUT2D eigenvalue weighted by Gasteiger charge is -2.18. The first kappa shape index (κ1) is 24.9. The molecule has 0 atom stereocenters. The van der Waals surface area contributed by atoms with Gasteiger partial charge in [0.25, 0.3) is 0 Å². The topological polar surface area (TPSA) is 39.4 Å². The largest absolute Gasteiger partial charge is 0.456 e. The maximum atomic E-state index is 6.43. The highest BCUT2D eigenvalue weighted by Gasteiger charge is 2.20. The van der Waals surface area contributed by atoms with Crippen molar-refractivity contribution >= 4 is 87.4 Å². The molecular formula is C44H24O3. The molecule has 0 fully saturated rings. The van der Waals surface area contributed by atoms with E-state index in [1.807, 2.05) is 36.4 Å².